The molecule has 1 aromatic heterocycles. The number of aromatic nitrogens is 2. The van der Waals surface area contributed by atoms with Crippen LogP contribution in [-0.4, -0.2) is 50.9 Å². The van der Waals surface area contributed by atoms with Crippen LogP contribution in [0.3, 0.4) is 0 Å². The van der Waals surface area contributed by atoms with E-state index in [4.69, 9.17) is 4.74 Å². The number of nitrogens with one attached hydrogen (secondary N) is 2. The van der Waals surface area contributed by atoms with Crippen LogP contribution >= 0.6 is 11.8 Å². The van der Waals surface area contributed by atoms with Crippen LogP contribution in [0.25, 0.3) is 10.9 Å². The molecule has 1 saturated carbocycles. The molecule has 2 N–H and O–H groups in total. The van der Waals surface area contributed by atoms with Gasteiger partial charge in [0, 0.05) is 30.1 Å². The Morgan fingerprint density at radius 3 is 2.61 bits per heavy atom. The summed E-state index contributed by atoms with van der Waals surface area (Å²) < 4.78 is 20.1. The second-order valence-electron chi connectivity index (χ2n) is 9.97. The van der Waals surface area contributed by atoms with Crippen LogP contribution in [0, 0.1) is 5.82 Å². The highest BCUT2D eigenvalue weighted by Gasteiger charge is 2.27. The molecule has 1 aliphatic heterocycles. The normalized spacial score (nSPS) is 18.1. The first-order valence-corrected chi connectivity index (χ1v) is 12.8. The summed E-state index contributed by atoms with van der Waals surface area (Å²) in [5.74, 6) is 0.532. The number of thioether (sulfide) groups is 1. The van der Waals surface area contributed by atoms with Gasteiger partial charge in [-0.25, -0.2) is 14.2 Å². The van der Waals surface area contributed by atoms with Gasteiger partial charge in [-0.2, -0.15) is 11.8 Å². The molecule has 0 bridgehead atoms. The van der Waals surface area contributed by atoms with E-state index in [0.717, 1.165) is 25.7 Å². The molecule has 7 nitrogen and oxygen atoms in total. The monoisotopic (exact) mass is 476 g/mol. The number of aromatic amines is 1. The topological polar surface area (TPSA) is 87.3 Å². The molecule has 0 spiro atoms. The molecule has 33 heavy (non-hydrogen) atoms. The van der Waals surface area contributed by atoms with E-state index >= 15 is 0 Å². The Hall–Kier alpha value is -2.29. The number of likely N-dealkylation sites (tertiary alicyclic amines) is 1. The number of halogens is 1. The lowest BCUT2D eigenvalue weighted by Gasteiger charge is -2.33. The number of piperidine rings is 1. The lowest BCUT2D eigenvalue weighted by molar-refractivity contribution is 0.0219. The predicted octanol–water partition coefficient (Wildman–Crippen LogP) is 5.05. The van der Waals surface area contributed by atoms with Gasteiger partial charge in [0.1, 0.15) is 22.6 Å². The standard InChI is InChI=1S/C24H33FN4O3S/c1-24(2,3)32-23(31)29-10-8-17(9-11-29)33-14-20-27-19-13-16(26-15-6-4-5-7-15)12-18(25)21(19)22(30)28-20/h12-13,15,17,26H,4-11,14H2,1-3H3,(H,27,28,30). The molecule has 0 unspecified atom stereocenters. The third-order valence-electron chi connectivity index (χ3n) is 6.09. The molecule has 180 valence electrons. The highest BCUT2D eigenvalue weighted by atomic mass is 32.2. The molecule has 2 aromatic rings. The van der Waals surface area contributed by atoms with Gasteiger partial charge in [-0.15, -0.1) is 0 Å². The highest BCUT2D eigenvalue weighted by molar-refractivity contribution is 7.99. The average molecular weight is 477 g/mol. The summed E-state index contributed by atoms with van der Waals surface area (Å²) in [6, 6.07) is 3.52. The Balaban J connectivity index is 1.38. The minimum Gasteiger partial charge on any atom is -0.444 e. The molecule has 2 aliphatic rings. The van der Waals surface area contributed by atoms with Gasteiger partial charge in [0.25, 0.3) is 5.56 Å². The van der Waals surface area contributed by atoms with Gasteiger partial charge < -0.3 is 19.9 Å². The Bertz CT molecular complexity index is 1050. The van der Waals surface area contributed by atoms with Gasteiger partial charge in [0.15, 0.2) is 0 Å². The molecular formula is C24H33FN4O3S. The van der Waals surface area contributed by atoms with Gasteiger partial charge in [0.05, 0.1) is 11.3 Å². The quantitative estimate of drug-likeness (QED) is 0.628. The zero-order chi connectivity index (χ0) is 23.6. The third-order valence-corrected chi connectivity index (χ3v) is 7.47. The van der Waals surface area contributed by atoms with Crippen molar-refractivity contribution in [1.29, 1.82) is 0 Å². The van der Waals surface area contributed by atoms with Crippen molar-refractivity contribution in [2.45, 2.75) is 81.9 Å². The van der Waals surface area contributed by atoms with Crippen molar-refractivity contribution in [3.05, 3.63) is 34.1 Å². The number of carbonyl (C=O) groups excluding carboxylic acids is 1. The first kappa shape index (κ1) is 23.9. The van der Waals surface area contributed by atoms with Crippen LogP contribution in [0.4, 0.5) is 14.9 Å². The van der Waals surface area contributed by atoms with Crippen LogP contribution < -0.4 is 10.9 Å². The van der Waals surface area contributed by atoms with Gasteiger partial charge in [0.2, 0.25) is 0 Å². The van der Waals surface area contributed by atoms with Crippen molar-refractivity contribution >= 4 is 34.4 Å². The van der Waals surface area contributed by atoms with Crippen LogP contribution in [0.2, 0.25) is 0 Å². The van der Waals surface area contributed by atoms with E-state index in [1.807, 2.05) is 20.8 Å². The average Bonchev–Trinajstić information content (AvgIpc) is 3.24. The fraction of sp³-hybridized carbons (Fsp3) is 0.625. The van der Waals surface area contributed by atoms with E-state index in [2.05, 4.69) is 15.3 Å². The maximum Gasteiger partial charge on any atom is 0.410 e. The number of amides is 1. The van der Waals surface area contributed by atoms with Gasteiger partial charge in [-0.1, -0.05) is 12.8 Å². The predicted molar refractivity (Wildman–Crippen MR) is 130 cm³/mol. The maximum atomic E-state index is 14.6. The molecule has 1 aliphatic carbocycles. The largest absolute Gasteiger partial charge is 0.444 e. The minimum absolute atomic E-state index is 0.00592. The Labute approximate surface area is 197 Å². The molecule has 2 heterocycles. The Morgan fingerprint density at radius 2 is 1.94 bits per heavy atom. The fourth-order valence-corrected chi connectivity index (χ4v) is 5.53. The molecule has 1 aromatic carbocycles. The van der Waals surface area contributed by atoms with E-state index in [0.29, 0.717) is 47.2 Å². The van der Waals surface area contributed by atoms with Crippen LogP contribution in [-0.2, 0) is 10.5 Å². The third kappa shape index (κ3) is 6.19. The number of rotatable bonds is 5. The van der Waals surface area contributed by atoms with E-state index in [9.17, 15) is 14.0 Å². The van der Waals surface area contributed by atoms with Crippen molar-refractivity contribution < 1.29 is 13.9 Å². The van der Waals surface area contributed by atoms with Crippen LogP contribution in [0.5, 0.6) is 0 Å². The van der Waals surface area contributed by atoms with Gasteiger partial charge >= 0.3 is 6.09 Å². The summed E-state index contributed by atoms with van der Waals surface area (Å²) in [5, 5.41) is 3.75. The van der Waals surface area contributed by atoms with Crippen molar-refractivity contribution in [1.82, 2.24) is 14.9 Å². The van der Waals surface area contributed by atoms with E-state index in [1.54, 1.807) is 22.7 Å². The summed E-state index contributed by atoms with van der Waals surface area (Å²) in [7, 11) is 0. The zero-order valence-corrected chi connectivity index (χ0v) is 20.4. The summed E-state index contributed by atoms with van der Waals surface area (Å²) in [6.45, 7) is 6.89. The van der Waals surface area contributed by atoms with Crippen molar-refractivity contribution in [3.8, 4) is 0 Å². The van der Waals surface area contributed by atoms with Crippen LogP contribution in [0.1, 0.15) is 65.1 Å². The number of nitrogens with zero attached hydrogens (tertiary/aromatic N) is 2. The molecule has 2 fully saturated rings. The highest BCUT2D eigenvalue weighted by Crippen LogP contribution is 2.28. The fourth-order valence-electron chi connectivity index (χ4n) is 4.46. The molecule has 9 heteroatoms. The SMILES string of the molecule is CC(C)(C)OC(=O)N1CCC(SCc2nc3cc(NC4CCCC4)cc(F)c3c(=O)[nH]2)CC1. The Morgan fingerprint density at radius 1 is 1.24 bits per heavy atom. The molecule has 4 rings (SSSR count). The number of fused-ring (bicyclic) bond motifs is 1. The smallest absolute Gasteiger partial charge is 0.410 e. The first-order chi connectivity index (χ1) is 15.7. The number of hydrogen-bond acceptors (Lipinski definition) is 6. The lowest BCUT2D eigenvalue weighted by Crippen LogP contribution is -2.42. The second-order valence-corrected chi connectivity index (χ2v) is 11.3. The van der Waals surface area contributed by atoms with E-state index < -0.39 is 17.0 Å². The number of anilines is 1. The zero-order valence-electron chi connectivity index (χ0n) is 19.6. The number of H-pyrrole nitrogens is 1. The Kier molecular flexibility index (Phi) is 7.16. The van der Waals surface area contributed by atoms with Gasteiger partial charge in [-0.3, -0.25) is 4.79 Å². The van der Waals surface area contributed by atoms with Gasteiger partial charge in [-0.05, 0) is 58.6 Å². The summed E-state index contributed by atoms with van der Waals surface area (Å²) >= 11 is 1.71. The van der Waals surface area contributed by atoms with E-state index in [1.165, 1.54) is 18.9 Å². The second kappa shape index (κ2) is 9.91. The first-order valence-electron chi connectivity index (χ1n) is 11.8. The number of hydrogen-bond donors (Lipinski definition) is 2. The molecule has 1 saturated heterocycles. The van der Waals surface area contributed by atoms with Crippen LogP contribution in [0.15, 0.2) is 16.9 Å². The molecular weight excluding hydrogens is 443 g/mol. The number of carbonyl (C=O) groups is 1. The summed E-state index contributed by atoms with van der Waals surface area (Å²) in [5.41, 5.74) is 0.121. The molecule has 0 radical (unpaired) electrons. The summed E-state index contributed by atoms with van der Waals surface area (Å²) in [4.78, 5) is 33.8. The maximum absolute atomic E-state index is 14.6. The van der Waals surface area contributed by atoms with Crippen molar-refractivity contribution in [3.63, 3.8) is 0 Å². The lowest BCUT2D eigenvalue weighted by atomic mass is 10.1. The van der Waals surface area contributed by atoms with Crippen molar-refractivity contribution in [2.75, 3.05) is 18.4 Å². The number of ether oxygens (including phenoxy) is 1. The van der Waals surface area contributed by atoms with Crippen molar-refractivity contribution in [2.24, 2.45) is 0 Å². The number of benzene rings is 1. The summed E-state index contributed by atoms with van der Waals surface area (Å²) in [6.07, 6.45) is 5.97. The minimum atomic E-state index is -0.546. The molecule has 0 atom stereocenters. The molecule has 1 amide bonds. The van der Waals surface area contributed by atoms with E-state index in [-0.39, 0.29) is 11.5 Å².